The van der Waals surface area contributed by atoms with Crippen molar-refractivity contribution in [2.24, 2.45) is 0 Å². The first-order valence-electron chi connectivity index (χ1n) is 15.6. The largest absolute Gasteiger partial charge is 0.343 e. The molecule has 0 spiro atoms. The Morgan fingerprint density at radius 3 is 2.30 bits per heavy atom. The van der Waals surface area contributed by atoms with E-state index in [1.165, 1.54) is 10.4 Å². The number of halogens is 2. The fraction of sp³-hybridized carbons (Fsp3) is 0.412. The van der Waals surface area contributed by atoms with Crippen LogP contribution >= 0.6 is 11.6 Å². The van der Waals surface area contributed by atoms with Crippen LogP contribution in [0.3, 0.4) is 0 Å². The summed E-state index contributed by atoms with van der Waals surface area (Å²) in [6.07, 6.45) is 1.98. The van der Waals surface area contributed by atoms with E-state index in [0.29, 0.717) is 56.2 Å². The first-order valence-corrected chi connectivity index (χ1v) is 17.8. The number of sulfonamides is 1. The predicted molar refractivity (Wildman–Crippen MR) is 177 cm³/mol. The van der Waals surface area contributed by atoms with Crippen LogP contribution in [0.1, 0.15) is 35.2 Å². The Kier molecular flexibility index (Phi) is 11.1. The molecule has 0 bridgehead atoms. The van der Waals surface area contributed by atoms with Gasteiger partial charge in [-0.05, 0) is 41.3 Å². The van der Waals surface area contributed by atoms with Crippen LogP contribution in [0, 0.1) is 5.82 Å². The third-order valence-corrected chi connectivity index (χ3v) is 10.5. The van der Waals surface area contributed by atoms with E-state index < -0.39 is 34.0 Å². The first-order chi connectivity index (χ1) is 22.0. The number of benzene rings is 3. The van der Waals surface area contributed by atoms with E-state index in [0.717, 1.165) is 22.9 Å². The average Bonchev–Trinajstić information content (AvgIpc) is 3.05. The zero-order valence-electron chi connectivity index (χ0n) is 26.2. The van der Waals surface area contributed by atoms with Gasteiger partial charge in [0.1, 0.15) is 11.9 Å². The highest BCUT2D eigenvalue weighted by Crippen LogP contribution is 2.27. The van der Waals surface area contributed by atoms with Crippen LogP contribution in [0.15, 0.2) is 72.8 Å². The number of hydrogen-bond acceptors (Lipinski definition) is 6. The van der Waals surface area contributed by atoms with E-state index >= 15 is 4.39 Å². The molecule has 2 N–H and O–H groups in total. The second-order valence-corrected chi connectivity index (χ2v) is 14.3. The van der Waals surface area contributed by atoms with Gasteiger partial charge in [-0.1, -0.05) is 73.1 Å². The molecule has 2 aliphatic heterocycles. The molecule has 2 heterocycles. The van der Waals surface area contributed by atoms with E-state index in [1.807, 2.05) is 41.3 Å². The number of nitrogens with one attached hydrogen (secondary N) is 2. The third kappa shape index (κ3) is 8.32. The molecule has 1 unspecified atom stereocenters. The Labute approximate surface area is 275 Å². The Balaban J connectivity index is 1.31. The number of amides is 2. The van der Waals surface area contributed by atoms with Crippen LogP contribution in [0.2, 0.25) is 5.02 Å². The van der Waals surface area contributed by atoms with Crippen molar-refractivity contribution >= 4 is 33.4 Å². The minimum Gasteiger partial charge on any atom is -0.343 e. The van der Waals surface area contributed by atoms with Crippen LogP contribution < -0.4 is 10.6 Å². The van der Waals surface area contributed by atoms with Crippen molar-refractivity contribution in [3.8, 4) is 0 Å². The number of rotatable bonds is 11. The van der Waals surface area contributed by atoms with Crippen molar-refractivity contribution in [2.75, 3.05) is 45.5 Å². The molecule has 3 aromatic rings. The SMILES string of the molecule is CCN(CC(c1ccccc1F)N1CCN(C(=O)[C@@H](Cc2ccc(Cl)cc2)NC(=O)[C@H]2Cc3ccccc3CN2)CC1)S(C)(=O)=O. The molecule has 5 rings (SSSR count). The second-order valence-electron chi connectivity index (χ2n) is 11.9. The van der Waals surface area contributed by atoms with Gasteiger partial charge in [-0.15, -0.1) is 0 Å². The van der Waals surface area contributed by atoms with Gasteiger partial charge in [-0.3, -0.25) is 14.5 Å². The number of hydrogen-bond donors (Lipinski definition) is 2. The van der Waals surface area contributed by atoms with E-state index in [4.69, 9.17) is 11.6 Å². The highest BCUT2D eigenvalue weighted by molar-refractivity contribution is 7.88. The summed E-state index contributed by atoms with van der Waals surface area (Å²) in [5, 5.41) is 6.92. The number of fused-ring (bicyclic) bond motifs is 1. The molecule has 1 saturated heterocycles. The molecule has 246 valence electrons. The van der Waals surface area contributed by atoms with Gasteiger partial charge in [0, 0.05) is 62.8 Å². The van der Waals surface area contributed by atoms with Crippen molar-refractivity contribution in [3.63, 3.8) is 0 Å². The van der Waals surface area contributed by atoms with Crippen LogP contribution in [0.4, 0.5) is 4.39 Å². The van der Waals surface area contributed by atoms with Gasteiger partial charge in [-0.25, -0.2) is 17.1 Å². The number of carbonyl (C=O) groups excluding carboxylic acids is 2. The van der Waals surface area contributed by atoms with Crippen molar-refractivity contribution in [2.45, 2.75) is 44.4 Å². The van der Waals surface area contributed by atoms with Crippen molar-refractivity contribution in [3.05, 3.63) is 106 Å². The smallest absolute Gasteiger partial charge is 0.245 e. The summed E-state index contributed by atoms with van der Waals surface area (Å²) >= 11 is 6.10. The number of piperazine rings is 1. The highest BCUT2D eigenvalue weighted by Gasteiger charge is 2.35. The van der Waals surface area contributed by atoms with E-state index in [2.05, 4.69) is 10.6 Å². The molecule has 2 amide bonds. The van der Waals surface area contributed by atoms with Gasteiger partial charge in [0.15, 0.2) is 0 Å². The average molecular weight is 670 g/mol. The number of carbonyl (C=O) groups is 2. The lowest BCUT2D eigenvalue weighted by Crippen LogP contribution is -2.58. The fourth-order valence-corrected chi connectivity index (χ4v) is 7.30. The quantitative estimate of drug-likeness (QED) is 0.325. The predicted octanol–water partition coefficient (Wildman–Crippen LogP) is 3.39. The Morgan fingerprint density at radius 1 is 1.00 bits per heavy atom. The number of likely N-dealkylation sites (N-methyl/N-ethyl adjacent to an activating group) is 1. The van der Waals surface area contributed by atoms with E-state index in [9.17, 15) is 18.0 Å². The standard InChI is InChI=1S/C34H41ClFN5O4S/c1-3-41(46(2,44)45)23-32(28-10-6-7-11-29(28)36)39-16-18-40(19-17-39)34(43)31(20-24-12-14-27(35)15-13-24)38-33(42)30-21-25-8-4-5-9-26(25)22-37-30/h4-15,30-32,37H,3,16-23H2,1-2H3,(H,38,42)/t30-,31-,32?/m1/s1. The monoisotopic (exact) mass is 669 g/mol. The van der Waals surface area contributed by atoms with Gasteiger partial charge >= 0.3 is 0 Å². The maximum absolute atomic E-state index is 15.0. The zero-order valence-corrected chi connectivity index (χ0v) is 27.7. The summed E-state index contributed by atoms with van der Waals surface area (Å²) in [5.41, 5.74) is 3.55. The van der Waals surface area contributed by atoms with Crippen molar-refractivity contribution in [1.29, 1.82) is 0 Å². The minimum atomic E-state index is -3.51. The van der Waals surface area contributed by atoms with Crippen LogP contribution in [-0.2, 0) is 39.0 Å². The summed E-state index contributed by atoms with van der Waals surface area (Å²) in [6.45, 7) is 4.19. The van der Waals surface area contributed by atoms with Gasteiger partial charge in [0.2, 0.25) is 21.8 Å². The molecule has 3 atom stereocenters. The summed E-state index contributed by atoms with van der Waals surface area (Å²) in [5.74, 6) is -0.839. The van der Waals surface area contributed by atoms with E-state index in [1.54, 1.807) is 42.2 Å². The Bertz CT molecular complexity index is 1630. The molecule has 0 radical (unpaired) electrons. The first kappa shape index (κ1) is 34.0. The minimum absolute atomic E-state index is 0.0942. The molecule has 9 nitrogen and oxygen atoms in total. The fourth-order valence-electron chi connectivity index (χ4n) is 6.29. The van der Waals surface area contributed by atoms with Gasteiger partial charge < -0.3 is 15.5 Å². The molecule has 46 heavy (non-hydrogen) atoms. The molecule has 0 aliphatic carbocycles. The molecule has 3 aromatic carbocycles. The summed E-state index contributed by atoms with van der Waals surface area (Å²) in [6, 6.07) is 19.8. The van der Waals surface area contributed by atoms with Gasteiger partial charge in [-0.2, -0.15) is 0 Å². The Hall–Kier alpha value is -3.35. The lowest BCUT2D eigenvalue weighted by atomic mass is 9.95. The lowest BCUT2D eigenvalue weighted by Gasteiger charge is -2.41. The maximum atomic E-state index is 15.0. The Morgan fingerprint density at radius 2 is 1.65 bits per heavy atom. The molecular weight excluding hydrogens is 629 g/mol. The third-order valence-electron chi connectivity index (χ3n) is 8.89. The molecule has 0 saturated carbocycles. The maximum Gasteiger partial charge on any atom is 0.245 e. The summed E-state index contributed by atoms with van der Waals surface area (Å²) in [4.78, 5) is 31.3. The number of nitrogens with zero attached hydrogens (tertiary/aromatic N) is 3. The normalized spacial score (nSPS) is 18.5. The topological polar surface area (TPSA) is 102 Å². The van der Waals surface area contributed by atoms with Crippen LogP contribution in [0.25, 0.3) is 0 Å². The highest BCUT2D eigenvalue weighted by atomic mass is 35.5. The van der Waals surface area contributed by atoms with E-state index in [-0.39, 0.29) is 24.9 Å². The van der Waals surface area contributed by atoms with Crippen LogP contribution in [0.5, 0.6) is 0 Å². The van der Waals surface area contributed by atoms with Crippen molar-refractivity contribution < 1.29 is 22.4 Å². The molecular formula is C34H41ClFN5O4S. The zero-order chi connectivity index (χ0) is 32.8. The molecule has 1 fully saturated rings. The second kappa shape index (κ2) is 15.0. The van der Waals surface area contributed by atoms with Gasteiger partial charge in [0.25, 0.3) is 0 Å². The lowest BCUT2D eigenvalue weighted by molar-refractivity contribution is -0.138. The summed E-state index contributed by atoms with van der Waals surface area (Å²) < 4.78 is 41.3. The molecule has 12 heteroatoms. The molecule has 0 aromatic heterocycles. The van der Waals surface area contributed by atoms with Gasteiger partial charge in [0.05, 0.1) is 18.3 Å². The summed E-state index contributed by atoms with van der Waals surface area (Å²) in [7, 11) is -3.51. The molecule has 2 aliphatic rings. The van der Waals surface area contributed by atoms with Crippen LogP contribution in [-0.4, -0.2) is 91.9 Å². The van der Waals surface area contributed by atoms with Crippen molar-refractivity contribution in [1.82, 2.24) is 24.7 Å².